The van der Waals surface area contributed by atoms with E-state index in [0.717, 1.165) is 25.7 Å². The van der Waals surface area contributed by atoms with Gasteiger partial charge < -0.3 is 4.42 Å². The lowest BCUT2D eigenvalue weighted by Crippen LogP contribution is -2.29. The van der Waals surface area contributed by atoms with Crippen LogP contribution in [0.25, 0.3) is 0 Å². The minimum atomic E-state index is -1.80. The zero-order chi connectivity index (χ0) is 12.7. The average Bonchev–Trinajstić information content (AvgIpc) is 2.81. The van der Waals surface area contributed by atoms with Crippen molar-refractivity contribution in [3.8, 4) is 0 Å². The van der Waals surface area contributed by atoms with Crippen molar-refractivity contribution in [1.82, 2.24) is 0 Å². The van der Waals surface area contributed by atoms with Gasteiger partial charge >= 0.3 is 0 Å². The van der Waals surface area contributed by atoms with Gasteiger partial charge in [0.05, 0.1) is 6.26 Å². The summed E-state index contributed by atoms with van der Waals surface area (Å²) >= 11 is 0. The molecule has 1 atom stereocenters. The first-order valence-electron chi connectivity index (χ1n) is 6.35. The highest BCUT2D eigenvalue weighted by molar-refractivity contribution is 5.99. The van der Waals surface area contributed by atoms with Gasteiger partial charge in [-0.1, -0.05) is 32.6 Å². The van der Waals surface area contributed by atoms with Crippen molar-refractivity contribution in [2.24, 2.45) is 0 Å². The van der Waals surface area contributed by atoms with Crippen molar-refractivity contribution < 1.29 is 13.6 Å². The Morgan fingerprint density at radius 1 is 1.35 bits per heavy atom. The zero-order valence-electron chi connectivity index (χ0n) is 10.7. The van der Waals surface area contributed by atoms with E-state index < -0.39 is 11.5 Å². The molecular weight excluding hydrogens is 219 g/mol. The number of Topliss-reactive ketones (excluding diaryl/α,β-unsaturated/α-hetero) is 1. The molecule has 0 amide bonds. The van der Waals surface area contributed by atoms with Crippen molar-refractivity contribution in [1.29, 1.82) is 0 Å². The molecule has 0 aliphatic heterocycles. The first-order valence-corrected chi connectivity index (χ1v) is 6.35. The number of hydrogen-bond donors (Lipinski definition) is 0. The van der Waals surface area contributed by atoms with Crippen LogP contribution < -0.4 is 0 Å². The van der Waals surface area contributed by atoms with E-state index in [2.05, 4.69) is 6.92 Å². The number of furan rings is 1. The first kappa shape index (κ1) is 13.9. The van der Waals surface area contributed by atoms with Crippen molar-refractivity contribution in [2.45, 2.75) is 58.0 Å². The maximum absolute atomic E-state index is 14.1. The maximum atomic E-state index is 14.1. The molecule has 0 fully saturated rings. The summed E-state index contributed by atoms with van der Waals surface area (Å²) in [7, 11) is 0. The third kappa shape index (κ3) is 4.33. The molecule has 96 valence electrons. The number of ketones is 1. The zero-order valence-corrected chi connectivity index (χ0v) is 10.7. The molecule has 1 rings (SSSR count). The van der Waals surface area contributed by atoms with E-state index in [4.69, 9.17) is 4.42 Å². The number of alkyl halides is 1. The predicted octanol–water partition coefficient (Wildman–Crippen LogP) is 4.55. The Morgan fingerprint density at radius 2 is 2.06 bits per heavy atom. The Hall–Kier alpha value is -1.12. The third-order valence-electron chi connectivity index (χ3n) is 2.97. The molecule has 1 heterocycles. The summed E-state index contributed by atoms with van der Waals surface area (Å²) in [4.78, 5) is 11.8. The van der Waals surface area contributed by atoms with Gasteiger partial charge in [0.1, 0.15) is 0 Å². The van der Waals surface area contributed by atoms with Gasteiger partial charge in [0.15, 0.2) is 11.4 Å². The van der Waals surface area contributed by atoms with Crippen molar-refractivity contribution in [3.63, 3.8) is 0 Å². The summed E-state index contributed by atoms with van der Waals surface area (Å²) in [5.41, 5.74) is -1.80. The number of hydrogen-bond acceptors (Lipinski definition) is 2. The summed E-state index contributed by atoms with van der Waals surface area (Å²) in [6.45, 7) is 3.48. The predicted molar refractivity (Wildman–Crippen MR) is 65.9 cm³/mol. The molecule has 0 aromatic carbocycles. The fraction of sp³-hybridized carbons (Fsp3) is 0.643. The Morgan fingerprint density at radius 3 is 2.65 bits per heavy atom. The summed E-state index contributed by atoms with van der Waals surface area (Å²) in [6, 6.07) is 3.11. The van der Waals surface area contributed by atoms with Crippen LogP contribution in [0.15, 0.2) is 22.8 Å². The summed E-state index contributed by atoms with van der Waals surface area (Å²) in [6.07, 6.45) is 6.86. The van der Waals surface area contributed by atoms with Crippen LogP contribution >= 0.6 is 0 Å². The third-order valence-corrected chi connectivity index (χ3v) is 2.97. The van der Waals surface area contributed by atoms with Gasteiger partial charge in [0.2, 0.25) is 5.78 Å². The molecule has 1 aromatic rings. The minimum Gasteiger partial charge on any atom is -0.461 e. The molecule has 0 radical (unpaired) electrons. The number of carbonyl (C=O) groups excluding carboxylic acids is 1. The fourth-order valence-electron chi connectivity index (χ4n) is 1.84. The minimum absolute atomic E-state index is 0.114. The van der Waals surface area contributed by atoms with Crippen LogP contribution in [-0.2, 0) is 0 Å². The summed E-state index contributed by atoms with van der Waals surface area (Å²) < 4.78 is 19.1. The molecule has 2 nitrogen and oxygen atoms in total. The van der Waals surface area contributed by atoms with Crippen LogP contribution in [0.4, 0.5) is 4.39 Å². The first-order chi connectivity index (χ1) is 8.08. The van der Waals surface area contributed by atoms with Crippen LogP contribution in [0.3, 0.4) is 0 Å². The van der Waals surface area contributed by atoms with E-state index in [1.807, 2.05) is 0 Å². The van der Waals surface area contributed by atoms with E-state index in [-0.39, 0.29) is 12.2 Å². The van der Waals surface area contributed by atoms with Gasteiger partial charge in [-0.15, -0.1) is 0 Å². The second-order valence-electron chi connectivity index (χ2n) is 4.67. The smallest absolute Gasteiger partial charge is 0.234 e. The van der Waals surface area contributed by atoms with E-state index in [0.29, 0.717) is 0 Å². The van der Waals surface area contributed by atoms with Crippen LogP contribution in [0.5, 0.6) is 0 Å². The van der Waals surface area contributed by atoms with E-state index in [1.54, 1.807) is 6.07 Å². The van der Waals surface area contributed by atoms with Crippen molar-refractivity contribution in [2.75, 3.05) is 0 Å². The molecule has 17 heavy (non-hydrogen) atoms. The van der Waals surface area contributed by atoms with Gasteiger partial charge in [-0.05, 0) is 31.9 Å². The van der Waals surface area contributed by atoms with Crippen LogP contribution in [0, 0.1) is 0 Å². The van der Waals surface area contributed by atoms with Gasteiger partial charge in [-0.25, -0.2) is 4.39 Å². The monoisotopic (exact) mass is 240 g/mol. The molecule has 0 saturated carbocycles. The molecule has 0 N–H and O–H groups in total. The molecule has 3 heteroatoms. The van der Waals surface area contributed by atoms with Crippen LogP contribution in [0.1, 0.15) is 62.9 Å². The van der Waals surface area contributed by atoms with E-state index in [1.165, 1.54) is 25.7 Å². The number of unbranched alkanes of at least 4 members (excludes halogenated alkanes) is 4. The van der Waals surface area contributed by atoms with Gasteiger partial charge in [0, 0.05) is 0 Å². The van der Waals surface area contributed by atoms with E-state index in [9.17, 15) is 9.18 Å². The van der Waals surface area contributed by atoms with Crippen LogP contribution in [-0.4, -0.2) is 11.5 Å². The molecule has 0 aliphatic rings. The van der Waals surface area contributed by atoms with Crippen LogP contribution in [0.2, 0.25) is 0 Å². The average molecular weight is 240 g/mol. The SMILES string of the molecule is CCCCCCCC(C)(F)C(=O)c1ccco1. The number of rotatable bonds is 8. The van der Waals surface area contributed by atoms with Gasteiger partial charge in [-0.2, -0.15) is 0 Å². The second kappa shape index (κ2) is 6.58. The van der Waals surface area contributed by atoms with Crippen molar-refractivity contribution >= 4 is 5.78 Å². The Balaban J connectivity index is 2.37. The standard InChI is InChI=1S/C14H21FO2/c1-3-4-5-6-7-10-14(2,15)13(16)12-9-8-11-17-12/h8-9,11H,3-7,10H2,1-2H3. The lowest BCUT2D eigenvalue weighted by Gasteiger charge is -2.17. The largest absolute Gasteiger partial charge is 0.461 e. The molecule has 0 aliphatic carbocycles. The lowest BCUT2D eigenvalue weighted by molar-refractivity contribution is 0.0667. The normalized spacial score (nSPS) is 14.5. The fourth-order valence-corrected chi connectivity index (χ4v) is 1.84. The summed E-state index contributed by atoms with van der Waals surface area (Å²) in [5.74, 6) is -0.429. The molecule has 1 unspecified atom stereocenters. The second-order valence-corrected chi connectivity index (χ2v) is 4.67. The molecule has 1 aromatic heterocycles. The maximum Gasteiger partial charge on any atom is 0.234 e. The molecule has 0 spiro atoms. The number of carbonyl (C=O) groups is 1. The van der Waals surface area contributed by atoms with Gasteiger partial charge in [-0.3, -0.25) is 4.79 Å². The highest BCUT2D eigenvalue weighted by atomic mass is 19.1. The Labute approximate surface area is 102 Å². The highest BCUT2D eigenvalue weighted by Gasteiger charge is 2.34. The summed E-state index contributed by atoms with van der Waals surface area (Å²) in [5, 5.41) is 0. The van der Waals surface area contributed by atoms with Crippen molar-refractivity contribution in [3.05, 3.63) is 24.2 Å². The molecule has 0 saturated heterocycles. The topological polar surface area (TPSA) is 30.2 Å². The van der Waals surface area contributed by atoms with E-state index >= 15 is 0 Å². The highest BCUT2D eigenvalue weighted by Crippen LogP contribution is 2.25. The quantitative estimate of drug-likeness (QED) is 0.493. The Bertz CT molecular complexity index is 328. The van der Waals surface area contributed by atoms with Gasteiger partial charge in [0.25, 0.3) is 0 Å². The lowest BCUT2D eigenvalue weighted by atomic mass is 9.94. The number of halogens is 1. The molecule has 0 bridgehead atoms. The molecular formula is C14H21FO2. The Kier molecular flexibility index (Phi) is 5.39.